The van der Waals surface area contributed by atoms with Crippen LogP contribution >= 0.6 is 0 Å². The molecule has 54 valence electrons. The lowest BCUT2D eigenvalue weighted by Crippen LogP contribution is -2.20. The third-order valence-electron chi connectivity index (χ3n) is 2.30. The fourth-order valence-corrected chi connectivity index (χ4v) is 1.12. The molecule has 0 atom stereocenters. The summed E-state index contributed by atoms with van der Waals surface area (Å²) in [6.07, 6.45) is 3.97. The standard InChI is InChI=1S/C7H16N2/c1-9-5-4-7(6-8)2-3-7/h9H,2-6,8H2,1H3. The maximum Gasteiger partial charge on any atom is -0.00201 e. The minimum absolute atomic E-state index is 0.559. The van der Waals surface area contributed by atoms with Gasteiger partial charge >= 0.3 is 0 Å². The Morgan fingerprint density at radius 3 is 2.56 bits per heavy atom. The predicted molar refractivity (Wildman–Crippen MR) is 39.3 cm³/mol. The second-order valence-corrected chi connectivity index (χ2v) is 3.06. The zero-order valence-electron chi connectivity index (χ0n) is 6.11. The van der Waals surface area contributed by atoms with Gasteiger partial charge in [0.15, 0.2) is 0 Å². The van der Waals surface area contributed by atoms with Gasteiger partial charge in [0, 0.05) is 0 Å². The van der Waals surface area contributed by atoms with Crippen molar-refractivity contribution in [1.29, 1.82) is 0 Å². The molecule has 1 aliphatic rings. The largest absolute Gasteiger partial charge is 0.330 e. The highest BCUT2D eigenvalue weighted by atomic mass is 14.8. The molecule has 9 heavy (non-hydrogen) atoms. The van der Waals surface area contributed by atoms with Crippen LogP contribution in [0.4, 0.5) is 0 Å². The van der Waals surface area contributed by atoms with E-state index in [0.717, 1.165) is 13.1 Å². The molecule has 0 aromatic rings. The molecular weight excluding hydrogens is 112 g/mol. The van der Waals surface area contributed by atoms with Gasteiger partial charge in [-0.2, -0.15) is 0 Å². The van der Waals surface area contributed by atoms with Crippen LogP contribution in [0.15, 0.2) is 0 Å². The molecule has 0 saturated heterocycles. The van der Waals surface area contributed by atoms with Gasteiger partial charge in [0.25, 0.3) is 0 Å². The Balaban J connectivity index is 2.10. The Labute approximate surface area is 56.8 Å². The Hall–Kier alpha value is -0.0800. The fraction of sp³-hybridized carbons (Fsp3) is 1.00. The van der Waals surface area contributed by atoms with Crippen molar-refractivity contribution in [2.75, 3.05) is 20.1 Å². The first-order valence-electron chi connectivity index (χ1n) is 3.68. The average Bonchev–Trinajstić information content (AvgIpc) is 2.65. The molecule has 1 rings (SSSR count). The normalized spacial score (nSPS) is 22.0. The van der Waals surface area contributed by atoms with Crippen LogP contribution in [0.1, 0.15) is 19.3 Å². The molecule has 0 spiro atoms. The summed E-state index contributed by atoms with van der Waals surface area (Å²) in [5.74, 6) is 0. The van der Waals surface area contributed by atoms with Gasteiger partial charge in [0.2, 0.25) is 0 Å². The monoisotopic (exact) mass is 128 g/mol. The first kappa shape index (κ1) is 7.03. The van der Waals surface area contributed by atoms with Crippen molar-refractivity contribution in [1.82, 2.24) is 5.32 Å². The molecule has 0 bridgehead atoms. The van der Waals surface area contributed by atoms with Crippen molar-refractivity contribution in [3.63, 3.8) is 0 Å². The van der Waals surface area contributed by atoms with Crippen molar-refractivity contribution < 1.29 is 0 Å². The van der Waals surface area contributed by atoms with Crippen molar-refractivity contribution >= 4 is 0 Å². The smallest absolute Gasteiger partial charge is 0.00201 e. The van der Waals surface area contributed by atoms with Gasteiger partial charge in [-0.3, -0.25) is 0 Å². The summed E-state index contributed by atoms with van der Waals surface area (Å²) >= 11 is 0. The first-order valence-corrected chi connectivity index (χ1v) is 3.68. The van der Waals surface area contributed by atoms with Crippen LogP contribution in [-0.4, -0.2) is 20.1 Å². The van der Waals surface area contributed by atoms with Gasteiger partial charge in [-0.25, -0.2) is 0 Å². The number of nitrogens with two attached hydrogens (primary N) is 1. The predicted octanol–water partition coefficient (Wildman–Crippen LogP) is 0.335. The van der Waals surface area contributed by atoms with Crippen molar-refractivity contribution in [3.8, 4) is 0 Å². The average molecular weight is 128 g/mol. The molecule has 0 aromatic carbocycles. The summed E-state index contributed by atoms with van der Waals surface area (Å²) < 4.78 is 0. The Kier molecular flexibility index (Phi) is 2.09. The number of hydrogen-bond acceptors (Lipinski definition) is 2. The van der Waals surface area contributed by atoms with Crippen molar-refractivity contribution in [2.45, 2.75) is 19.3 Å². The van der Waals surface area contributed by atoms with Crippen LogP contribution < -0.4 is 11.1 Å². The van der Waals surface area contributed by atoms with Gasteiger partial charge in [-0.1, -0.05) is 0 Å². The van der Waals surface area contributed by atoms with E-state index >= 15 is 0 Å². The minimum Gasteiger partial charge on any atom is -0.330 e. The highest BCUT2D eigenvalue weighted by Gasteiger charge is 2.39. The zero-order valence-corrected chi connectivity index (χ0v) is 6.11. The van der Waals surface area contributed by atoms with Crippen LogP contribution in [0.5, 0.6) is 0 Å². The third-order valence-corrected chi connectivity index (χ3v) is 2.30. The van der Waals surface area contributed by atoms with Crippen LogP contribution in [0.3, 0.4) is 0 Å². The summed E-state index contributed by atoms with van der Waals surface area (Å²) in [6.45, 7) is 2.01. The van der Waals surface area contributed by atoms with Crippen LogP contribution in [-0.2, 0) is 0 Å². The SMILES string of the molecule is CNCCC1(CN)CC1. The maximum atomic E-state index is 5.58. The summed E-state index contributed by atoms with van der Waals surface area (Å²) in [5.41, 5.74) is 6.14. The van der Waals surface area contributed by atoms with E-state index in [9.17, 15) is 0 Å². The zero-order chi connectivity index (χ0) is 6.74. The first-order chi connectivity index (χ1) is 4.33. The molecule has 2 heteroatoms. The summed E-state index contributed by atoms with van der Waals surface area (Å²) in [4.78, 5) is 0. The Morgan fingerprint density at radius 2 is 2.22 bits per heavy atom. The van der Waals surface area contributed by atoms with E-state index in [2.05, 4.69) is 5.32 Å². The third kappa shape index (κ3) is 1.66. The lowest BCUT2D eigenvalue weighted by molar-refractivity contribution is 0.467. The lowest BCUT2D eigenvalue weighted by Gasteiger charge is -2.09. The van der Waals surface area contributed by atoms with Crippen LogP contribution in [0, 0.1) is 5.41 Å². The summed E-state index contributed by atoms with van der Waals surface area (Å²) in [6, 6.07) is 0. The second kappa shape index (κ2) is 2.67. The van der Waals surface area contributed by atoms with Crippen molar-refractivity contribution in [3.05, 3.63) is 0 Å². The molecule has 0 aromatic heterocycles. The van der Waals surface area contributed by atoms with Gasteiger partial charge in [-0.15, -0.1) is 0 Å². The number of nitrogens with one attached hydrogen (secondary N) is 1. The molecule has 0 radical (unpaired) electrons. The van der Waals surface area contributed by atoms with E-state index < -0.39 is 0 Å². The summed E-state index contributed by atoms with van der Waals surface area (Å²) in [5, 5.41) is 3.14. The van der Waals surface area contributed by atoms with E-state index in [0.29, 0.717) is 5.41 Å². The molecule has 1 fully saturated rings. The molecule has 1 aliphatic carbocycles. The molecule has 0 amide bonds. The quantitative estimate of drug-likeness (QED) is 0.573. The molecular formula is C7H16N2. The second-order valence-electron chi connectivity index (χ2n) is 3.06. The van der Waals surface area contributed by atoms with E-state index in [1.807, 2.05) is 7.05 Å². The van der Waals surface area contributed by atoms with Crippen molar-refractivity contribution in [2.24, 2.45) is 11.1 Å². The maximum absolute atomic E-state index is 5.58. The van der Waals surface area contributed by atoms with Gasteiger partial charge in [-0.05, 0) is 44.8 Å². The molecule has 1 saturated carbocycles. The Bertz CT molecular complexity index is 86.9. The Morgan fingerprint density at radius 1 is 1.56 bits per heavy atom. The van der Waals surface area contributed by atoms with Crippen LogP contribution in [0.25, 0.3) is 0 Å². The fourth-order valence-electron chi connectivity index (χ4n) is 1.12. The molecule has 2 nitrogen and oxygen atoms in total. The molecule has 0 aliphatic heterocycles. The number of rotatable bonds is 4. The lowest BCUT2D eigenvalue weighted by atomic mass is 10.0. The van der Waals surface area contributed by atoms with E-state index in [1.165, 1.54) is 19.3 Å². The van der Waals surface area contributed by atoms with Gasteiger partial charge in [0.1, 0.15) is 0 Å². The molecule has 0 heterocycles. The minimum atomic E-state index is 0.559. The van der Waals surface area contributed by atoms with E-state index in [-0.39, 0.29) is 0 Å². The highest BCUT2D eigenvalue weighted by molar-refractivity contribution is 4.93. The van der Waals surface area contributed by atoms with Gasteiger partial charge in [0.05, 0.1) is 0 Å². The summed E-state index contributed by atoms with van der Waals surface area (Å²) in [7, 11) is 1.99. The van der Waals surface area contributed by atoms with E-state index in [4.69, 9.17) is 5.73 Å². The van der Waals surface area contributed by atoms with E-state index in [1.54, 1.807) is 0 Å². The van der Waals surface area contributed by atoms with Gasteiger partial charge < -0.3 is 11.1 Å². The number of hydrogen-bond donors (Lipinski definition) is 2. The topological polar surface area (TPSA) is 38.0 Å². The molecule has 3 N–H and O–H groups in total. The highest BCUT2D eigenvalue weighted by Crippen LogP contribution is 2.47. The van der Waals surface area contributed by atoms with Crippen LogP contribution in [0.2, 0.25) is 0 Å². The molecule has 0 unspecified atom stereocenters.